The quantitative estimate of drug-likeness (QED) is 0.841. The first-order chi connectivity index (χ1) is 8.81. The Labute approximate surface area is 115 Å². The molecule has 2 unspecified atom stereocenters. The van der Waals surface area contributed by atoms with Crippen LogP contribution in [-0.2, 0) is 10.0 Å². The first-order valence-electron chi connectivity index (χ1n) is 6.58. The molecule has 0 aliphatic carbocycles. The van der Waals surface area contributed by atoms with Crippen molar-refractivity contribution in [3.05, 3.63) is 29.8 Å². The maximum absolute atomic E-state index is 12.2. The number of hydrogen-bond donors (Lipinski definition) is 2. The smallest absolute Gasteiger partial charge is 0.240 e. The van der Waals surface area contributed by atoms with Crippen LogP contribution in [0.3, 0.4) is 0 Å². The summed E-state index contributed by atoms with van der Waals surface area (Å²) in [4.78, 5) is 0.261. The molecule has 1 aromatic carbocycles. The van der Waals surface area contributed by atoms with E-state index in [-0.39, 0.29) is 16.7 Å². The first-order valence-corrected chi connectivity index (χ1v) is 8.06. The van der Waals surface area contributed by atoms with E-state index in [1.165, 1.54) is 0 Å². The fourth-order valence-corrected chi connectivity index (χ4v) is 3.75. The summed E-state index contributed by atoms with van der Waals surface area (Å²) in [6, 6.07) is 6.87. The van der Waals surface area contributed by atoms with Gasteiger partial charge in [0.05, 0.1) is 11.0 Å². The standard InChI is InChI=1S/C14H23NO3S/c1-5-15-19(17,18)13-9-7-6-8-12(13)14(10(2)3)11(4)16/h6-11,14-16H,5H2,1-4H3. The molecule has 19 heavy (non-hydrogen) atoms. The number of aliphatic hydroxyl groups is 1. The lowest BCUT2D eigenvalue weighted by molar-refractivity contribution is 0.139. The Morgan fingerprint density at radius 2 is 1.79 bits per heavy atom. The maximum Gasteiger partial charge on any atom is 0.240 e. The van der Waals surface area contributed by atoms with E-state index in [0.717, 1.165) is 0 Å². The lowest BCUT2D eigenvalue weighted by atomic mass is 9.84. The molecule has 2 atom stereocenters. The Morgan fingerprint density at radius 3 is 2.26 bits per heavy atom. The van der Waals surface area contributed by atoms with Crippen LogP contribution in [-0.4, -0.2) is 26.2 Å². The van der Waals surface area contributed by atoms with Crippen LogP contribution in [0, 0.1) is 5.92 Å². The number of aliphatic hydroxyl groups excluding tert-OH is 1. The van der Waals surface area contributed by atoms with E-state index in [4.69, 9.17) is 0 Å². The van der Waals surface area contributed by atoms with Gasteiger partial charge in [0.2, 0.25) is 10.0 Å². The summed E-state index contributed by atoms with van der Waals surface area (Å²) in [5, 5.41) is 9.94. The molecule has 5 heteroatoms. The van der Waals surface area contributed by atoms with Crippen LogP contribution in [0.4, 0.5) is 0 Å². The third-order valence-electron chi connectivity index (χ3n) is 3.14. The van der Waals surface area contributed by atoms with Gasteiger partial charge in [-0.3, -0.25) is 0 Å². The summed E-state index contributed by atoms with van der Waals surface area (Å²) in [5.74, 6) is -0.0531. The first kappa shape index (κ1) is 16.1. The van der Waals surface area contributed by atoms with Crippen molar-refractivity contribution in [3.63, 3.8) is 0 Å². The molecule has 108 valence electrons. The number of benzene rings is 1. The second-order valence-electron chi connectivity index (χ2n) is 5.05. The zero-order chi connectivity index (χ0) is 14.6. The summed E-state index contributed by atoms with van der Waals surface area (Å²) >= 11 is 0. The lowest BCUT2D eigenvalue weighted by Gasteiger charge is -2.26. The molecule has 0 bridgehead atoms. The minimum Gasteiger partial charge on any atom is -0.393 e. The van der Waals surface area contributed by atoms with Crippen LogP contribution in [0.25, 0.3) is 0 Å². The molecular weight excluding hydrogens is 262 g/mol. The van der Waals surface area contributed by atoms with E-state index in [1.807, 2.05) is 13.8 Å². The number of sulfonamides is 1. The van der Waals surface area contributed by atoms with Crippen molar-refractivity contribution >= 4 is 10.0 Å². The largest absolute Gasteiger partial charge is 0.393 e. The molecule has 2 N–H and O–H groups in total. The van der Waals surface area contributed by atoms with Crippen molar-refractivity contribution in [2.75, 3.05) is 6.54 Å². The maximum atomic E-state index is 12.2. The Morgan fingerprint density at radius 1 is 1.21 bits per heavy atom. The van der Waals surface area contributed by atoms with Crippen LogP contribution in [0.5, 0.6) is 0 Å². The van der Waals surface area contributed by atoms with Crippen LogP contribution in [0.1, 0.15) is 39.2 Å². The summed E-state index contributed by atoms with van der Waals surface area (Å²) in [6.45, 7) is 7.75. The van der Waals surface area contributed by atoms with E-state index < -0.39 is 16.1 Å². The Bertz CT molecular complexity index is 501. The summed E-state index contributed by atoms with van der Waals surface area (Å²) in [6.07, 6.45) is -0.599. The van der Waals surface area contributed by atoms with Gasteiger partial charge in [-0.25, -0.2) is 13.1 Å². The topological polar surface area (TPSA) is 66.4 Å². The normalized spacial score (nSPS) is 15.5. The van der Waals surface area contributed by atoms with Gasteiger partial charge in [0.1, 0.15) is 0 Å². The van der Waals surface area contributed by atoms with Crippen molar-refractivity contribution in [3.8, 4) is 0 Å². The number of hydrogen-bond acceptors (Lipinski definition) is 3. The molecule has 0 radical (unpaired) electrons. The minimum atomic E-state index is -3.51. The molecule has 1 rings (SSSR count). The molecule has 0 saturated carbocycles. The molecule has 0 aliphatic rings. The third-order valence-corrected chi connectivity index (χ3v) is 4.76. The lowest BCUT2D eigenvalue weighted by Crippen LogP contribution is -2.27. The second kappa shape index (κ2) is 6.50. The molecule has 0 amide bonds. The van der Waals surface area contributed by atoms with Gasteiger partial charge in [0.25, 0.3) is 0 Å². The summed E-state index contributed by atoms with van der Waals surface area (Å²) in [5.41, 5.74) is 0.674. The van der Waals surface area contributed by atoms with Gasteiger partial charge in [-0.1, -0.05) is 39.0 Å². The molecule has 0 aliphatic heterocycles. The van der Waals surface area contributed by atoms with Gasteiger partial charge in [0, 0.05) is 12.5 Å². The fourth-order valence-electron chi connectivity index (χ4n) is 2.44. The minimum absolute atomic E-state index is 0.151. The summed E-state index contributed by atoms with van der Waals surface area (Å²) in [7, 11) is -3.51. The molecular formula is C14H23NO3S. The predicted molar refractivity (Wildman–Crippen MR) is 76.6 cm³/mol. The van der Waals surface area contributed by atoms with E-state index in [1.54, 1.807) is 38.1 Å². The average Bonchev–Trinajstić information content (AvgIpc) is 2.28. The monoisotopic (exact) mass is 285 g/mol. The fraction of sp³-hybridized carbons (Fsp3) is 0.571. The van der Waals surface area contributed by atoms with Gasteiger partial charge in [0.15, 0.2) is 0 Å². The Kier molecular flexibility index (Phi) is 5.52. The highest BCUT2D eigenvalue weighted by atomic mass is 32.2. The summed E-state index contributed by atoms with van der Waals surface area (Å²) < 4.78 is 26.9. The van der Waals surface area contributed by atoms with Crippen molar-refractivity contribution < 1.29 is 13.5 Å². The van der Waals surface area contributed by atoms with Crippen molar-refractivity contribution in [2.45, 2.75) is 44.6 Å². The molecule has 1 aromatic rings. The van der Waals surface area contributed by atoms with E-state index >= 15 is 0 Å². The predicted octanol–water partition coefficient (Wildman–Crippen LogP) is 2.11. The van der Waals surface area contributed by atoms with E-state index in [0.29, 0.717) is 12.1 Å². The Balaban J connectivity index is 3.37. The van der Waals surface area contributed by atoms with Gasteiger partial charge >= 0.3 is 0 Å². The van der Waals surface area contributed by atoms with Crippen molar-refractivity contribution in [1.82, 2.24) is 4.72 Å². The van der Waals surface area contributed by atoms with Crippen LogP contribution in [0.2, 0.25) is 0 Å². The zero-order valence-electron chi connectivity index (χ0n) is 11.9. The van der Waals surface area contributed by atoms with Crippen LogP contribution < -0.4 is 4.72 Å². The van der Waals surface area contributed by atoms with Gasteiger partial charge in [-0.15, -0.1) is 0 Å². The SMILES string of the molecule is CCNS(=O)(=O)c1ccccc1C(C(C)C)C(C)O. The van der Waals surface area contributed by atoms with Gasteiger partial charge in [-0.2, -0.15) is 0 Å². The molecule has 0 heterocycles. The van der Waals surface area contributed by atoms with Crippen molar-refractivity contribution in [1.29, 1.82) is 0 Å². The highest BCUT2D eigenvalue weighted by Gasteiger charge is 2.27. The molecule has 0 fully saturated rings. The zero-order valence-corrected chi connectivity index (χ0v) is 12.7. The molecule has 0 saturated heterocycles. The van der Waals surface area contributed by atoms with E-state index in [9.17, 15) is 13.5 Å². The van der Waals surface area contributed by atoms with E-state index in [2.05, 4.69) is 4.72 Å². The molecule has 4 nitrogen and oxygen atoms in total. The van der Waals surface area contributed by atoms with Gasteiger partial charge < -0.3 is 5.11 Å². The van der Waals surface area contributed by atoms with Crippen molar-refractivity contribution in [2.24, 2.45) is 5.92 Å². The molecule has 0 aromatic heterocycles. The highest BCUT2D eigenvalue weighted by molar-refractivity contribution is 7.89. The van der Waals surface area contributed by atoms with Crippen LogP contribution in [0.15, 0.2) is 29.2 Å². The number of nitrogens with one attached hydrogen (secondary N) is 1. The highest BCUT2D eigenvalue weighted by Crippen LogP contribution is 2.32. The Hall–Kier alpha value is -0.910. The van der Waals surface area contributed by atoms with Gasteiger partial charge in [-0.05, 0) is 24.5 Å². The average molecular weight is 285 g/mol. The van der Waals surface area contributed by atoms with Crippen LogP contribution >= 0.6 is 0 Å². The second-order valence-corrected chi connectivity index (χ2v) is 6.78. The third kappa shape index (κ3) is 3.78. The molecule has 0 spiro atoms. The number of rotatable bonds is 6.